The molecule has 0 saturated carbocycles. The average Bonchev–Trinajstić information content (AvgIpc) is 3.08. The third-order valence-electron chi connectivity index (χ3n) is 5.14. The highest BCUT2D eigenvalue weighted by atomic mass is 32.2. The van der Waals surface area contributed by atoms with Crippen LogP contribution >= 0.6 is 0 Å². The molecule has 0 amide bonds. The number of hydrogen-bond donors (Lipinski definition) is 0. The van der Waals surface area contributed by atoms with Crippen LogP contribution in [0.3, 0.4) is 0 Å². The number of benzene rings is 1. The third kappa shape index (κ3) is 6.41. The van der Waals surface area contributed by atoms with Crippen LogP contribution in [0.5, 0.6) is 5.75 Å². The maximum absolute atomic E-state index is 12.8. The van der Waals surface area contributed by atoms with Gasteiger partial charge in [0.15, 0.2) is 0 Å². The first-order chi connectivity index (χ1) is 15.0. The lowest BCUT2D eigenvalue weighted by molar-refractivity contribution is 0.160. The van der Waals surface area contributed by atoms with E-state index in [0.29, 0.717) is 44.5 Å². The monoisotopic (exact) mass is 446 g/mol. The van der Waals surface area contributed by atoms with E-state index in [2.05, 4.69) is 17.1 Å². The largest absolute Gasteiger partial charge is 0.494 e. The first-order valence-electron chi connectivity index (χ1n) is 10.6. The second-order valence-corrected chi connectivity index (χ2v) is 9.29. The van der Waals surface area contributed by atoms with Gasteiger partial charge < -0.3 is 9.57 Å². The summed E-state index contributed by atoms with van der Waals surface area (Å²) in [6.45, 7) is 6.63. The van der Waals surface area contributed by atoms with Gasteiger partial charge in [0, 0.05) is 32.0 Å². The summed E-state index contributed by atoms with van der Waals surface area (Å²) in [6, 6.07) is 11.1. The van der Waals surface area contributed by atoms with Crippen LogP contribution in [0.4, 0.5) is 5.69 Å². The molecule has 1 aromatic heterocycles. The maximum atomic E-state index is 12.8. The molecule has 0 bridgehead atoms. The Balaban J connectivity index is 1.40. The molecule has 9 heteroatoms. The smallest absolute Gasteiger partial charge is 0.304 e. The molecule has 0 N–H and O–H groups in total. The molecular formula is C22H30N4O4S. The topological polar surface area (TPSA) is 84.3 Å². The van der Waals surface area contributed by atoms with Gasteiger partial charge in [0.2, 0.25) is 0 Å². The lowest BCUT2D eigenvalue weighted by Gasteiger charge is -2.21. The lowest BCUT2D eigenvalue weighted by Crippen LogP contribution is -2.34. The van der Waals surface area contributed by atoms with Crippen LogP contribution in [-0.2, 0) is 15.0 Å². The minimum absolute atomic E-state index is 0.350. The number of aromatic nitrogens is 1. The molecule has 1 atom stereocenters. The van der Waals surface area contributed by atoms with Crippen molar-refractivity contribution in [3.05, 3.63) is 54.4 Å². The zero-order chi connectivity index (χ0) is 22.1. The molecule has 3 rings (SSSR count). The van der Waals surface area contributed by atoms with Crippen molar-refractivity contribution >= 4 is 22.1 Å². The van der Waals surface area contributed by atoms with Crippen LogP contribution in [0.2, 0.25) is 0 Å². The van der Waals surface area contributed by atoms with Crippen LogP contribution < -0.4 is 9.04 Å². The van der Waals surface area contributed by atoms with E-state index in [1.165, 1.54) is 4.31 Å². The van der Waals surface area contributed by atoms with E-state index in [1.54, 1.807) is 35.0 Å². The maximum Gasteiger partial charge on any atom is 0.304 e. The van der Waals surface area contributed by atoms with E-state index in [9.17, 15) is 8.42 Å². The van der Waals surface area contributed by atoms with Crippen molar-refractivity contribution in [1.82, 2.24) is 9.29 Å². The van der Waals surface area contributed by atoms with Gasteiger partial charge >= 0.3 is 10.2 Å². The summed E-state index contributed by atoms with van der Waals surface area (Å²) in [6.07, 6.45) is 6.53. The van der Waals surface area contributed by atoms with Gasteiger partial charge in [-0.3, -0.25) is 9.29 Å². The Morgan fingerprint density at radius 2 is 1.87 bits per heavy atom. The van der Waals surface area contributed by atoms with Gasteiger partial charge in [0.1, 0.15) is 12.4 Å². The predicted molar refractivity (Wildman–Crippen MR) is 122 cm³/mol. The minimum Gasteiger partial charge on any atom is -0.494 e. The van der Waals surface area contributed by atoms with Crippen LogP contribution in [-0.4, -0.2) is 56.8 Å². The molecular weight excluding hydrogens is 416 g/mol. The van der Waals surface area contributed by atoms with Crippen LogP contribution in [0, 0.1) is 5.92 Å². The van der Waals surface area contributed by atoms with Crippen molar-refractivity contribution in [3.63, 3.8) is 0 Å². The van der Waals surface area contributed by atoms with Crippen molar-refractivity contribution < 1.29 is 18.0 Å². The SMILES string of the molecule is CCO/N=C/c1ccc(OCCC(C)CCN2CCN(c3ccncc3)S2(=O)=O)cc1. The van der Waals surface area contributed by atoms with Crippen molar-refractivity contribution in [1.29, 1.82) is 0 Å². The second kappa shape index (κ2) is 11.1. The molecule has 1 unspecified atom stereocenters. The Bertz CT molecular complexity index is 936. The number of pyridine rings is 1. The number of hydrogen-bond acceptors (Lipinski definition) is 6. The number of oxime groups is 1. The third-order valence-corrected chi connectivity index (χ3v) is 7.11. The predicted octanol–water partition coefficient (Wildman–Crippen LogP) is 3.31. The zero-order valence-electron chi connectivity index (χ0n) is 18.1. The first-order valence-corrected chi connectivity index (χ1v) is 12.0. The molecule has 1 aliphatic heterocycles. The summed E-state index contributed by atoms with van der Waals surface area (Å²) in [5.74, 6) is 1.15. The number of anilines is 1. The standard InChI is InChI=1S/C22H30N4O4S/c1-3-30-24-18-20-4-6-22(7-5-20)29-17-11-19(2)10-14-25-15-16-26(31(25,27)28)21-8-12-23-13-9-21/h4-9,12-13,18-19H,3,10-11,14-17H2,1-2H3/b24-18+. The van der Waals surface area contributed by atoms with Gasteiger partial charge in [-0.1, -0.05) is 12.1 Å². The summed E-state index contributed by atoms with van der Waals surface area (Å²) in [5, 5.41) is 3.84. The van der Waals surface area contributed by atoms with Crippen LogP contribution in [0.15, 0.2) is 53.9 Å². The number of nitrogens with zero attached hydrogens (tertiary/aromatic N) is 4. The van der Waals surface area contributed by atoms with Crippen molar-refractivity contribution in [3.8, 4) is 5.75 Å². The quantitative estimate of drug-likeness (QED) is 0.391. The molecule has 8 nitrogen and oxygen atoms in total. The molecule has 0 radical (unpaired) electrons. The highest BCUT2D eigenvalue weighted by Gasteiger charge is 2.36. The molecule has 0 aliphatic carbocycles. The molecule has 0 spiro atoms. The van der Waals surface area contributed by atoms with Crippen molar-refractivity contribution in [2.24, 2.45) is 11.1 Å². The molecule has 1 aromatic carbocycles. The number of ether oxygens (including phenoxy) is 1. The van der Waals surface area contributed by atoms with E-state index < -0.39 is 10.2 Å². The highest BCUT2D eigenvalue weighted by molar-refractivity contribution is 7.90. The molecule has 2 aromatic rings. The van der Waals surface area contributed by atoms with Crippen molar-refractivity contribution in [2.75, 3.05) is 37.2 Å². The average molecular weight is 447 g/mol. The fourth-order valence-electron chi connectivity index (χ4n) is 3.28. The minimum atomic E-state index is -3.46. The fourth-order valence-corrected chi connectivity index (χ4v) is 4.91. The Labute approximate surface area is 184 Å². The lowest BCUT2D eigenvalue weighted by atomic mass is 10.0. The van der Waals surface area contributed by atoms with E-state index in [4.69, 9.17) is 9.57 Å². The van der Waals surface area contributed by atoms with Gasteiger partial charge in [-0.25, -0.2) is 0 Å². The Morgan fingerprint density at radius 3 is 2.58 bits per heavy atom. The zero-order valence-corrected chi connectivity index (χ0v) is 18.9. The molecule has 31 heavy (non-hydrogen) atoms. The Hall–Kier alpha value is -2.65. The molecule has 1 saturated heterocycles. The molecule has 1 fully saturated rings. The van der Waals surface area contributed by atoms with E-state index >= 15 is 0 Å². The Kier molecular flexibility index (Phi) is 8.25. The fraction of sp³-hybridized carbons (Fsp3) is 0.455. The normalized spacial score (nSPS) is 17.2. The summed E-state index contributed by atoms with van der Waals surface area (Å²) < 4.78 is 34.4. The van der Waals surface area contributed by atoms with Crippen LogP contribution in [0.25, 0.3) is 0 Å². The number of rotatable bonds is 11. The van der Waals surface area contributed by atoms with E-state index in [0.717, 1.165) is 24.2 Å². The van der Waals surface area contributed by atoms with Gasteiger partial charge in [0.05, 0.1) is 18.5 Å². The van der Waals surface area contributed by atoms with Gasteiger partial charge in [-0.05, 0) is 67.6 Å². The van der Waals surface area contributed by atoms with Gasteiger partial charge in [0.25, 0.3) is 0 Å². The Morgan fingerprint density at radius 1 is 1.13 bits per heavy atom. The van der Waals surface area contributed by atoms with E-state index in [1.807, 2.05) is 31.2 Å². The summed E-state index contributed by atoms with van der Waals surface area (Å²) in [7, 11) is -3.46. The summed E-state index contributed by atoms with van der Waals surface area (Å²) >= 11 is 0. The summed E-state index contributed by atoms with van der Waals surface area (Å²) in [4.78, 5) is 8.91. The molecule has 2 heterocycles. The van der Waals surface area contributed by atoms with Gasteiger partial charge in [-0.2, -0.15) is 12.7 Å². The first kappa shape index (κ1) is 23.0. The highest BCUT2D eigenvalue weighted by Crippen LogP contribution is 2.25. The molecule has 1 aliphatic rings. The summed E-state index contributed by atoms with van der Waals surface area (Å²) in [5.41, 5.74) is 1.61. The van der Waals surface area contributed by atoms with Gasteiger partial charge in [-0.15, -0.1) is 0 Å². The van der Waals surface area contributed by atoms with Crippen LogP contribution in [0.1, 0.15) is 32.3 Å². The second-order valence-electron chi connectivity index (χ2n) is 7.44. The van der Waals surface area contributed by atoms with Crippen molar-refractivity contribution in [2.45, 2.75) is 26.7 Å². The van der Waals surface area contributed by atoms with E-state index in [-0.39, 0.29) is 0 Å². The molecule has 168 valence electrons.